The first kappa shape index (κ1) is 11.4. The molecule has 0 spiro atoms. The zero-order valence-corrected chi connectivity index (χ0v) is 8.26. The maximum Gasteiger partial charge on any atom is 0.309 e. The van der Waals surface area contributed by atoms with Gasteiger partial charge in [-0.25, -0.2) is 0 Å². The first-order chi connectivity index (χ1) is 5.37. The number of hydrogen-bond donors (Lipinski definition) is 1. The molecule has 1 atom stereocenters. The van der Waals surface area contributed by atoms with E-state index in [2.05, 4.69) is 0 Å². The highest BCUT2D eigenvalue weighted by Gasteiger charge is 2.20. The summed E-state index contributed by atoms with van der Waals surface area (Å²) in [4.78, 5) is 11.3. The van der Waals surface area contributed by atoms with Crippen molar-refractivity contribution in [2.24, 2.45) is 11.7 Å². The van der Waals surface area contributed by atoms with Crippen LogP contribution in [0.25, 0.3) is 0 Å². The second-order valence-electron chi connectivity index (χ2n) is 3.91. The van der Waals surface area contributed by atoms with Crippen molar-refractivity contribution in [1.82, 2.24) is 0 Å². The van der Waals surface area contributed by atoms with Crippen LogP contribution >= 0.6 is 0 Å². The van der Waals surface area contributed by atoms with Crippen LogP contribution in [0.3, 0.4) is 0 Å². The monoisotopic (exact) mass is 172 g/mol. The highest BCUT2D eigenvalue weighted by molar-refractivity contribution is 5.72. The smallest absolute Gasteiger partial charge is 0.309 e. The molecule has 0 saturated carbocycles. The van der Waals surface area contributed by atoms with Gasteiger partial charge in [0.2, 0.25) is 0 Å². The van der Waals surface area contributed by atoms with Gasteiger partial charge in [0, 0.05) is 6.54 Å². The predicted octanol–water partition coefficient (Wildman–Crippen LogP) is 1.47. The van der Waals surface area contributed by atoms with E-state index in [1.807, 2.05) is 20.8 Å². The summed E-state index contributed by atoms with van der Waals surface area (Å²) in [7, 11) is 0. The Bertz CT molecular complexity index is 149. The molecule has 0 aromatic carbocycles. The Morgan fingerprint density at radius 2 is 2.08 bits per heavy atom. The molecule has 3 nitrogen and oxygen atoms in total. The number of carbonyl (C=O) groups is 1. The summed E-state index contributed by atoms with van der Waals surface area (Å²) in [5, 5.41) is 0. The molecule has 1 unspecified atom stereocenters. The topological polar surface area (TPSA) is 52.3 Å². The van der Waals surface area contributed by atoms with Crippen LogP contribution in [0.1, 0.15) is 34.1 Å². The Hall–Kier alpha value is -0.570. The summed E-state index contributed by atoms with van der Waals surface area (Å²) in [5.41, 5.74) is 4.80. The van der Waals surface area contributed by atoms with Crippen LogP contribution in [0.5, 0.6) is 0 Å². The van der Waals surface area contributed by atoms with Crippen molar-refractivity contribution in [3.8, 4) is 0 Å². The predicted molar refractivity (Wildman–Crippen MR) is 48.1 cm³/mol. The molecular formula is C9H18NO2. The fourth-order valence-electron chi connectivity index (χ4n) is 0.703. The maximum absolute atomic E-state index is 11.3. The first-order valence-electron chi connectivity index (χ1n) is 4.13. The van der Waals surface area contributed by atoms with Crippen molar-refractivity contribution in [3.05, 3.63) is 6.54 Å². The lowest BCUT2D eigenvalue weighted by atomic mass is 10.1. The Kier molecular flexibility index (Phi) is 4.24. The normalized spacial score (nSPS) is 14.1. The van der Waals surface area contributed by atoms with E-state index in [4.69, 9.17) is 10.5 Å². The van der Waals surface area contributed by atoms with Crippen molar-refractivity contribution in [1.29, 1.82) is 0 Å². The van der Waals surface area contributed by atoms with Gasteiger partial charge < -0.3 is 10.5 Å². The lowest BCUT2D eigenvalue weighted by molar-refractivity contribution is -0.159. The van der Waals surface area contributed by atoms with Crippen LogP contribution in [-0.2, 0) is 9.53 Å². The van der Waals surface area contributed by atoms with E-state index in [9.17, 15) is 4.79 Å². The lowest BCUT2D eigenvalue weighted by Gasteiger charge is -2.21. The quantitative estimate of drug-likeness (QED) is 0.656. The van der Waals surface area contributed by atoms with Gasteiger partial charge in [0.25, 0.3) is 0 Å². The number of rotatable bonds is 3. The molecular weight excluding hydrogens is 154 g/mol. The molecule has 3 heteroatoms. The van der Waals surface area contributed by atoms with Gasteiger partial charge in [0.05, 0.1) is 5.92 Å². The zero-order valence-electron chi connectivity index (χ0n) is 8.26. The van der Waals surface area contributed by atoms with Crippen LogP contribution in [0.4, 0.5) is 0 Å². The molecule has 0 saturated heterocycles. The first-order valence-corrected chi connectivity index (χ1v) is 4.13. The minimum atomic E-state index is -0.403. The average Bonchev–Trinajstić information content (AvgIpc) is 1.84. The van der Waals surface area contributed by atoms with Gasteiger partial charge in [-0.15, -0.1) is 0 Å². The lowest BCUT2D eigenvalue weighted by Crippen LogP contribution is -2.28. The molecule has 12 heavy (non-hydrogen) atoms. The molecule has 0 fully saturated rings. The van der Waals surface area contributed by atoms with Crippen LogP contribution < -0.4 is 5.73 Å². The highest BCUT2D eigenvalue weighted by atomic mass is 16.6. The zero-order chi connectivity index (χ0) is 9.78. The molecule has 0 aromatic rings. The van der Waals surface area contributed by atoms with Gasteiger partial charge in [-0.2, -0.15) is 0 Å². The van der Waals surface area contributed by atoms with E-state index in [1.54, 1.807) is 6.92 Å². The molecule has 0 aliphatic carbocycles. The third kappa shape index (κ3) is 5.13. The van der Waals surface area contributed by atoms with Gasteiger partial charge in [0.1, 0.15) is 5.60 Å². The number of nitrogens with two attached hydrogens (primary N) is 1. The number of ether oxygens (including phenoxy) is 1. The number of esters is 1. The molecule has 0 aliphatic rings. The minimum absolute atomic E-state index is 0.144. The number of hydrogen-bond acceptors (Lipinski definition) is 3. The van der Waals surface area contributed by atoms with Gasteiger partial charge in [-0.1, -0.05) is 6.92 Å². The van der Waals surface area contributed by atoms with E-state index in [1.165, 1.54) is 6.54 Å². The van der Waals surface area contributed by atoms with Gasteiger partial charge in [-0.3, -0.25) is 4.79 Å². The van der Waals surface area contributed by atoms with Gasteiger partial charge >= 0.3 is 5.97 Å². The van der Waals surface area contributed by atoms with Gasteiger partial charge in [-0.05, 0) is 27.2 Å². The molecule has 71 valence electrons. The molecule has 2 N–H and O–H groups in total. The largest absolute Gasteiger partial charge is 0.460 e. The molecule has 0 rings (SSSR count). The van der Waals surface area contributed by atoms with Crippen molar-refractivity contribution in [3.63, 3.8) is 0 Å². The van der Waals surface area contributed by atoms with E-state index in [0.29, 0.717) is 6.42 Å². The Morgan fingerprint density at radius 1 is 1.58 bits per heavy atom. The highest BCUT2D eigenvalue weighted by Crippen LogP contribution is 2.13. The fraction of sp³-hybridized carbons (Fsp3) is 0.778. The molecule has 0 aliphatic heterocycles. The summed E-state index contributed by atoms with van der Waals surface area (Å²) in [5.74, 6) is -0.335. The second kappa shape index (κ2) is 4.45. The van der Waals surface area contributed by atoms with Crippen molar-refractivity contribution in [2.45, 2.75) is 39.7 Å². The molecule has 0 bridgehead atoms. The fourth-order valence-corrected chi connectivity index (χ4v) is 0.703. The summed E-state index contributed by atoms with van der Waals surface area (Å²) in [6.45, 7) is 8.84. The average molecular weight is 172 g/mol. The SMILES string of the molecule is CC(C[CH]N)C(=O)OC(C)(C)C. The summed E-state index contributed by atoms with van der Waals surface area (Å²) in [6, 6.07) is 0. The van der Waals surface area contributed by atoms with Crippen molar-refractivity contribution < 1.29 is 9.53 Å². The van der Waals surface area contributed by atoms with E-state index in [0.717, 1.165) is 0 Å². The van der Waals surface area contributed by atoms with E-state index < -0.39 is 5.60 Å². The van der Waals surface area contributed by atoms with E-state index >= 15 is 0 Å². The Morgan fingerprint density at radius 3 is 2.42 bits per heavy atom. The van der Waals surface area contributed by atoms with Crippen molar-refractivity contribution >= 4 is 5.97 Å². The third-order valence-corrected chi connectivity index (χ3v) is 1.30. The van der Waals surface area contributed by atoms with Crippen LogP contribution in [-0.4, -0.2) is 11.6 Å². The van der Waals surface area contributed by atoms with Crippen LogP contribution in [0, 0.1) is 12.5 Å². The summed E-state index contributed by atoms with van der Waals surface area (Å²) >= 11 is 0. The molecule has 1 radical (unpaired) electrons. The Balaban J connectivity index is 3.87. The third-order valence-electron chi connectivity index (χ3n) is 1.30. The van der Waals surface area contributed by atoms with Crippen LogP contribution in [0.2, 0.25) is 0 Å². The van der Waals surface area contributed by atoms with Crippen LogP contribution in [0.15, 0.2) is 0 Å². The standard InChI is InChI=1S/C9H18NO2/c1-7(5-6-10)8(11)12-9(2,3)4/h6-7H,5,10H2,1-4H3. The molecule has 0 heterocycles. The number of carbonyl (C=O) groups excluding carboxylic acids is 1. The van der Waals surface area contributed by atoms with Crippen molar-refractivity contribution in [2.75, 3.05) is 0 Å². The molecule has 0 amide bonds. The molecule has 0 aromatic heterocycles. The van der Waals surface area contributed by atoms with Gasteiger partial charge in [0.15, 0.2) is 0 Å². The summed E-state index contributed by atoms with van der Waals surface area (Å²) < 4.78 is 5.14. The second-order valence-corrected chi connectivity index (χ2v) is 3.91. The minimum Gasteiger partial charge on any atom is -0.460 e. The summed E-state index contributed by atoms with van der Waals surface area (Å²) in [6.07, 6.45) is 0.564. The van der Waals surface area contributed by atoms with E-state index in [-0.39, 0.29) is 11.9 Å². The maximum atomic E-state index is 11.3. The Labute approximate surface area is 74.3 Å².